The summed E-state index contributed by atoms with van der Waals surface area (Å²) >= 11 is 0. The van der Waals surface area contributed by atoms with E-state index in [0.717, 1.165) is 52.8 Å². The van der Waals surface area contributed by atoms with Gasteiger partial charge >= 0.3 is 0 Å². The van der Waals surface area contributed by atoms with E-state index in [0.29, 0.717) is 24.5 Å². The summed E-state index contributed by atoms with van der Waals surface area (Å²) < 4.78 is 18.7. The molecule has 1 saturated carbocycles. The van der Waals surface area contributed by atoms with Crippen LogP contribution in [0.4, 0.5) is 15.8 Å². The number of rotatable bonds is 9. The average molecular weight is 560 g/mol. The number of hydrogen-bond donors (Lipinski definition) is 2. The lowest BCUT2D eigenvalue weighted by molar-refractivity contribution is -0.126. The lowest BCUT2D eigenvalue weighted by Crippen LogP contribution is -2.17. The van der Waals surface area contributed by atoms with Crippen LogP contribution < -0.4 is 10.2 Å². The molecule has 1 fully saturated rings. The van der Waals surface area contributed by atoms with Crippen LogP contribution in [0.3, 0.4) is 0 Å². The first-order valence-electron chi connectivity index (χ1n) is 13.9. The summed E-state index contributed by atoms with van der Waals surface area (Å²) in [6.45, 7) is 2.85. The molecule has 0 radical (unpaired) electrons. The number of hydrogen-bond acceptors (Lipinski definition) is 6. The highest BCUT2D eigenvalue weighted by Crippen LogP contribution is 2.27. The van der Waals surface area contributed by atoms with Gasteiger partial charge in [-0.3, -0.25) is 4.79 Å². The fourth-order valence-electron chi connectivity index (χ4n) is 4.62. The molecule has 2 N–H and O–H groups in total. The Balaban J connectivity index is 0.000000407. The zero-order valence-corrected chi connectivity index (χ0v) is 24.5. The number of methoxy groups -OCH3 is 1. The second-order valence-electron chi connectivity index (χ2n) is 9.82. The maximum atomic E-state index is 14.8. The maximum absolute atomic E-state index is 14.8. The average Bonchev–Trinajstić information content (AvgIpc) is 3.02. The fraction of sp³-hybridized carbons (Fsp3) is 0.324. The number of allylic oxidation sites excluding steroid dienone is 1. The Bertz CT molecular complexity index is 1290. The molecule has 3 aromatic carbocycles. The van der Waals surface area contributed by atoms with Crippen molar-refractivity contribution in [2.24, 2.45) is 5.92 Å². The normalized spacial score (nSPS) is 12.7. The van der Waals surface area contributed by atoms with E-state index in [1.165, 1.54) is 32.6 Å². The van der Waals surface area contributed by atoms with E-state index in [2.05, 4.69) is 28.3 Å². The van der Waals surface area contributed by atoms with E-state index < -0.39 is 0 Å². The van der Waals surface area contributed by atoms with E-state index in [-0.39, 0.29) is 5.82 Å². The fourth-order valence-corrected chi connectivity index (χ4v) is 4.62. The molecule has 0 bridgehead atoms. The van der Waals surface area contributed by atoms with E-state index >= 15 is 0 Å². The molecule has 0 amide bonds. The number of aldehydes is 1. The lowest BCUT2D eigenvalue weighted by Gasteiger charge is -2.20. The Morgan fingerprint density at radius 2 is 1.71 bits per heavy atom. The van der Waals surface area contributed by atoms with Crippen LogP contribution in [0.25, 0.3) is 17.2 Å². The van der Waals surface area contributed by atoms with Gasteiger partial charge in [0.05, 0.1) is 7.11 Å². The molecule has 7 heteroatoms. The molecule has 1 aliphatic carbocycles. The van der Waals surface area contributed by atoms with Crippen LogP contribution in [-0.4, -0.2) is 40.2 Å². The lowest BCUT2D eigenvalue weighted by atomic mass is 9.91. The molecule has 3 aromatic rings. The third kappa shape index (κ3) is 10.7. The molecule has 0 atom stereocenters. The van der Waals surface area contributed by atoms with Crippen LogP contribution in [0.15, 0.2) is 66.7 Å². The number of nitrogens with zero attached hydrogens (tertiary/aromatic N) is 1. The van der Waals surface area contributed by atoms with Crippen LogP contribution in [-0.2, 0) is 20.9 Å². The van der Waals surface area contributed by atoms with Gasteiger partial charge in [-0.1, -0.05) is 61.7 Å². The van der Waals surface area contributed by atoms with Gasteiger partial charge in [-0.05, 0) is 66.8 Å². The Morgan fingerprint density at radius 3 is 2.27 bits per heavy atom. The van der Waals surface area contributed by atoms with Crippen LogP contribution in [0, 0.1) is 17.1 Å². The standard InChI is InChI=1S/C25H26FN3.C7H12O.C2H4O2/c1-4-6-18-7-5-8-23(13-18)29(3)17-21-10-9-20(15-24(21)26)19-11-12-25(28-2)22(14-19)16-27;8-6-7-4-2-1-3-5-7;1-4-2-3/h4-16,27-28H,17H2,1-3H3;6-7H,1-5H2;2H,1H3/b6-4+,27-16?;;. The highest BCUT2D eigenvalue weighted by atomic mass is 19.1. The molecule has 0 unspecified atom stereocenters. The van der Waals surface area contributed by atoms with E-state index in [1.807, 2.05) is 74.5 Å². The van der Waals surface area contributed by atoms with Gasteiger partial charge in [0.15, 0.2) is 0 Å². The third-order valence-corrected chi connectivity index (χ3v) is 6.88. The number of halogens is 1. The number of anilines is 2. The Labute approximate surface area is 243 Å². The first kappa shape index (κ1) is 32.9. The topological polar surface area (TPSA) is 82.5 Å². The van der Waals surface area contributed by atoms with Gasteiger partial charge < -0.3 is 25.2 Å². The molecular formula is C34H42FN3O3. The maximum Gasteiger partial charge on any atom is 0.292 e. The van der Waals surface area contributed by atoms with Crippen molar-refractivity contribution in [2.75, 3.05) is 31.4 Å². The van der Waals surface area contributed by atoms with Crippen LogP contribution >= 0.6 is 0 Å². The molecule has 218 valence electrons. The largest absolute Gasteiger partial charge is 0.471 e. The van der Waals surface area contributed by atoms with Crippen molar-refractivity contribution in [2.45, 2.75) is 45.6 Å². The Morgan fingerprint density at radius 1 is 1.02 bits per heavy atom. The predicted octanol–water partition coefficient (Wildman–Crippen LogP) is 7.76. The number of benzene rings is 3. The predicted molar refractivity (Wildman–Crippen MR) is 168 cm³/mol. The summed E-state index contributed by atoms with van der Waals surface area (Å²) in [6, 6.07) is 19.3. The third-order valence-electron chi connectivity index (χ3n) is 6.88. The minimum Gasteiger partial charge on any atom is -0.471 e. The van der Waals surface area contributed by atoms with Gasteiger partial charge in [0.1, 0.15) is 12.1 Å². The van der Waals surface area contributed by atoms with Crippen LogP contribution in [0.1, 0.15) is 55.7 Å². The Hall–Kier alpha value is -4.26. The highest BCUT2D eigenvalue weighted by Gasteiger charge is 2.11. The van der Waals surface area contributed by atoms with Crippen molar-refractivity contribution >= 4 is 36.4 Å². The van der Waals surface area contributed by atoms with E-state index in [1.54, 1.807) is 6.07 Å². The van der Waals surface area contributed by atoms with Gasteiger partial charge in [0.25, 0.3) is 6.47 Å². The monoisotopic (exact) mass is 559 g/mol. The van der Waals surface area contributed by atoms with Gasteiger partial charge in [-0.15, -0.1) is 0 Å². The molecule has 0 spiro atoms. The molecule has 0 saturated heterocycles. The van der Waals surface area contributed by atoms with Crippen molar-refractivity contribution < 1.29 is 18.7 Å². The smallest absolute Gasteiger partial charge is 0.292 e. The first-order chi connectivity index (χ1) is 19.9. The minimum atomic E-state index is -0.229. The SMILES string of the molecule is C/C=C/c1cccc(N(C)Cc2ccc(-c3ccc(NC)c(C=N)c3)cc2F)c1.COC=O.O=CC1CCCCC1. The highest BCUT2D eigenvalue weighted by molar-refractivity contribution is 5.88. The molecular weight excluding hydrogens is 517 g/mol. The molecule has 0 heterocycles. The van der Waals surface area contributed by atoms with Crippen molar-refractivity contribution in [3.05, 3.63) is 89.2 Å². The quantitative estimate of drug-likeness (QED) is 0.207. The zero-order chi connectivity index (χ0) is 30.0. The second-order valence-corrected chi connectivity index (χ2v) is 9.82. The summed E-state index contributed by atoms with van der Waals surface area (Å²) in [6.07, 6.45) is 12.6. The second kappa shape index (κ2) is 18.2. The van der Waals surface area contributed by atoms with Gasteiger partial charge in [0, 0.05) is 55.3 Å². The van der Waals surface area contributed by atoms with Crippen molar-refractivity contribution in [1.29, 1.82) is 5.41 Å². The summed E-state index contributed by atoms with van der Waals surface area (Å²) in [5.74, 6) is 0.178. The minimum absolute atomic E-state index is 0.229. The number of carbonyl (C=O) groups is 2. The van der Waals surface area contributed by atoms with Crippen molar-refractivity contribution in [3.8, 4) is 11.1 Å². The zero-order valence-electron chi connectivity index (χ0n) is 24.5. The summed E-state index contributed by atoms with van der Waals surface area (Å²) in [5, 5.41) is 10.6. The molecule has 0 aromatic heterocycles. The van der Waals surface area contributed by atoms with E-state index in [4.69, 9.17) is 10.2 Å². The van der Waals surface area contributed by atoms with Gasteiger partial charge in [0.2, 0.25) is 0 Å². The molecule has 6 nitrogen and oxygen atoms in total. The van der Waals surface area contributed by atoms with Crippen LogP contribution in [0.2, 0.25) is 0 Å². The van der Waals surface area contributed by atoms with E-state index in [9.17, 15) is 9.18 Å². The molecule has 1 aliphatic rings. The number of nitrogens with one attached hydrogen (secondary N) is 2. The van der Waals surface area contributed by atoms with Gasteiger partial charge in [-0.25, -0.2) is 4.39 Å². The summed E-state index contributed by atoms with van der Waals surface area (Å²) in [7, 11) is 5.10. The number of ether oxygens (including phenoxy) is 1. The molecule has 41 heavy (non-hydrogen) atoms. The first-order valence-corrected chi connectivity index (χ1v) is 13.9. The van der Waals surface area contributed by atoms with Crippen molar-refractivity contribution in [1.82, 2.24) is 0 Å². The van der Waals surface area contributed by atoms with Gasteiger partial charge in [-0.2, -0.15) is 0 Å². The molecule has 4 rings (SSSR count). The van der Waals surface area contributed by atoms with Crippen molar-refractivity contribution in [3.63, 3.8) is 0 Å². The summed E-state index contributed by atoms with van der Waals surface area (Å²) in [5.41, 5.74) is 6.15. The number of carbonyl (C=O) groups excluding carboxylic acids is 2. The Kier molecular flexibility index (Phi) is 14.6. The molecule has 0 aliphatic heterocycles. The van der Waals surface area contributed by atoms with Crippen LogP contribution in [0.5, 0.6) is 0 Å². The summed E-state index contributed by atoms with van der Waals surface area (Å²) in [4.78, 5) is 21.2.